The van der Waals surface area contributed by atoms with Crippen molar-refractivity contribution in [2.75, 3.05) is 17.7 Å². The average Bonchev–Trinajstić information content (AvgIpc) is 2.59. The summed E-state index contributed by atoms with van der Waals surface area (Å²) in [6, 6.07) is 11.8. The Bertz CT molecular complexity index is 738. The molecule has 0 aliphatic carbocycles. The second-order valence-electron chi connectivity index (χ2n) is 5.35. The Morgan fingerprint density at radius 2 is 1.85 bits per heavy atom. The van der Waals surface area contributed by atoms with Gasteiger partial charge in [0.2, 0.25) is 5.91 Å². The number of carbonyl (C=O) groups excluding carboxylic acids is 1. The van der Waals surface area contributed by atoms with Crippen LogP contribution in [0.15, 0.2) is 48.5 Å². The number of amides is 1. The number of alkyl halides is 3. The van der Waals surface area contributed by atoms with Crippen molar-refractivity contribution in [3.05, 3.63) is 59.1 Å². The standard InChI is InChI=1S/C18H17ClF3NO2S/c1-12(26-11-10-25-14-8-6-13(19)7-9-14)17(24)23-16-5-3-2-4-15(16)18(20,21)22/h2-9,12H,10-11H2,1H3,(H,23,24)/t12-/m0/s1. The smallest absolute Gasteiger partial charge is 0.418 e. The molecule has 2 aromatic rings. The van der Waals surface area contributed by atoms with Crippen LogP contribution in [0, 0.1) is 0 Å². The van der Waals surface area contributed by atoms with Gasteiger partial charge in [-0.2, -0.15) is 13.2 Å². The van der Waals surface area contributed by atoms with Crippen LogP contribution in [-0.2, 0) is 11.0 Å². The predicted octanol–water partition coefficient (Wildman–Crippen LogP) is 5.50. The fraction of sp³-hybridized carbons (Fsp3) is 0.278. The number of hydrogen-bond donors (Lipinski definition) is 1. The van der Waals surface area contributed by atoms with Gasteiger partial charge in [0.25, 0.3) is 0 Å². The molecule has 8 heteroatoms. The van der Waals surface area contributed by atoms with E-state index in [1.165, 1.54) is 30.0 Å². The van der Waals surface area contributed by atoms with Gasteiger partial charge in [0, 0.05) is 10.8 Å². The highest BCUT2D eigenvalue weighted by molar-refractivity contribution is 8.00. The molecule has 2 aromatic carbocycles. The minimum Gasteiger partial charge on any atom is -0.493 e. The van der Waals surface area contributed by atoms with Gasteiger partial charge < -0.3 is 10.1 Å². The molecule has 0 saturated carbocycles. The maximum atomic E-state index is 13.0. The van der Waals surface area contributed by atoms with Crippen LogP contribution < -0.4 is 10.1 Å². The summed E-state index contributed by atoms with van der Waals surface area (Å²) in [6.07, 6.45) is -4.52. The molecule has 1 atom stereocenters. The van der Waals surface area contributed by atoms with Crippen molar-refractivity contribution in [2.24, 2.45) is 0 Å². The number of rotatable bonds is 7. The molecule has 0 aliphatic heterocycles. The maximum absolute atomic E-state index is 13.0. The van der Waals surface area contributed by atoms with Crippen LogP contribution in [0.2, 0.25) is 5.02 Å². The van der Waals surface area contributed by atoms with Gasteiger partial charge in [-0.05, 0) is 43.3 Å². The Labute approximate surface area is 158 Å². The van der Waals surface area contributed by atoms with Crippen molar-refractivity contribution in [1.82, 2.24) is 0 Å². The zero-order valence-corrected chi connectivity index (χ0v) is 15.4. The molecular formula is C18H17ClF3NO2S. The normalized spacial score (nSPS) is 12.5. The summed E-state index contributed by atoms with van der Waals surface area (Å²) in [5, 5.41) is 2.43. The minimum absolute atomic E-state index is 0.241. The number of carbonyl (C=O) groups is 1. The molecule has 140 valence electrons. The third kappa shape index (κ3) is 6.14. The van der Waals surface area contributed by atoms with E-state index in [0.717, 1.165) is 6.07 Å². The second kappa shape index (κ2) is 9.19. The third-order valence-electron chi connectivity index (χ3n) is 3.39. The Kier molecular flexibility index (Phi) is 7.23. The average molecular weight is 404 g/mol. The SMILES string of the molecule is C[C@H](SCCOc1ccc(Cl)cc1)C(=O)Nc1ccccc1C(F)(F)F. The number of ether oxygens (including phenoxy) is 1. The lowest BCUT2D eigenvalue weighted by molar-refractivity contribution is -0.137. The van der Waals surface area contributed by atoms with Crippen molar-refractivity contribution in [3.8, 4) is 5.75 Å². The Morgan fingerprint density at radius 1 is 1.19 bits per heavy atom. The number of anilines is 1. The fourth-order valence-electron chi connectivity index (χ4n) is 2.06. The first-order valence-electron chi connectivity index (χ1n) is 7.74. The minimum atomic E-state index is -4.52. The van der Waals surface area contributed by atoms with Gasteiger partial charge in [0.1, 0.15) is 5.75 Å². The van der Waals surface area contributed by atoms with Crippen LogP contribution in [-0.4, -0.2) is 23.5 Å². The first-order valence-corrected chi connectivity index (χ1v) is 9.17. The summed E-state index contributed by atoms with van der Waals surface area (Å²) >= 11 is 7.08. The zero-order valence-electron chi connectivity index (χ0n) is 13.8. The summed E-state index contributed by atoms with van der Waals surface area (Å²) < 4.78 is 44.4. The highest BCUT2D eigenvalue weighted by atomic mass is 35.5. The molecule has 1 amide bonds. The number of hydrogen-bond acceptors (Lipinski definition) is 3. The molecule has 3 nitrogen and oxygen atoms in total. The van der Waals surface area contributed by atoms with Gasteiger partial charge in [0.15, 0.2) is 0 Å². The Morgan fingerprint density at radius 3 is 2.50 bits per heavy atom. The summed E-state index contributed by atoms with van der Waals surface area (Å²) in [5.74, 6) is 0.683. The molecule has 0 spiro atoms. The van der Waals surface area contributed by atoms with Crippen molar-refractivity contribution < 1.29 is 22.7 Å². The lowest BCUT2D eigenvalue weighted by Crippen LogP contribution is -2.25. The van der Waals surface area contributed by atoms with E-state index in [9.17, 15) is 18.0 Å². The Balaban J connectivity index is 1.82. The summed E-state index contributed by atoms with van der Waals surface area (Å²) in [6.45, 7) is 2.00. The first kappa shape index (κ1) is 20.5. The molecule has 0 radical (unpaired) electrons. The van der Waals surface area contributed by atoms with E-state index in [1.54, 1.807) is 31.2 Å². The third-order valence-corrected chi connectivity index (χ3v) is 4.76. The van der Waals surface area contributed by atoms with Crippen LogP contribution in [0.1, 0.15) is 12.5 Å². The van der Waals surface area contributed by atoms with E-state index in [0.29, 0.717) is 23.1 Å². The van der Waals surface area contributed by atoms with Crippen molar-refractivity contribution in [1.29, 1.82) is 0 Å². The van der Waals surface area contributed by atoms with E-state index in [2.05, 4.69) is 5.32 Å². The molecule has 0 fully saturated rings. The lowest BCUT2D eigenvalue weighted by atomic mass is 10.1. The molecule has 0 aliphatic rings. The number of thioether (sulfide) groups is 1. The largest absolute Gasteiger partial charge is 0.493 e. The van der Waals surface area contributed by atoms with E-state index in [-0.39, 0.29) is 5.69 Å². The van der Waals surface area contributed by atoms with Gasteiger partial charge in [0.05, 0.1) is 23.1 Å². The van der Waals surface area contributed by atoms with E-state index >= 15 is 0 Å². The zero-order chi connectivity index (χ0) is 19.2. The van der Waals surface area contributed by atoms with Crippen LogP contribution in [0.25, 0.3) is 0 Å². The second-order valence-corrected chi connectivity index (χ2v) is 7.23. The molecule has 26 heavy (non-hydrogen) atoms. The van der Waals surface area contributed by atoms with Gasteiger partial charge in [-0.15, -0.1) is 11.8 Å². The van der Waals surface area contributed by atoms with Crippen LogP contribution >= 0.6 is 23.4 Å². The lowest BCUT2D eigenvalue weighted by Gasteiger charge is -2.16. The van der Waals surface area contributed by atoms with Crippen molar-refractivity contribution in [3.63, 3.8) is 0 Å². The van der Waals surface area contributed by atoms with Gasteiger partial charge >= 0.3 is 6.18 Å². The predicted molar refractivity (Wildman–Crippen MR) is 98.9 cm³/mol. The molecule has 0 aromatic heterocycles. The molecule has 1 N–H and O–H groups in total. The topological polar surface area (TPSA) is 38.3 Å². The number of halogens is 4. The molecule has 0 heterocycles. The van der Waals surface area contributed by atoms with Crippen LogP contribution in [0.3, 0.4) is 0 Å². The summed E-state index contributed by atoms with van der Waals surface area (Å²) in [4.78, 5) is 12.1. The van der Waals surface area contributed by atoms with Crippen molar-refractivity contribution in [2.45, 2.75) is 18.3 Å². The van der Waals surface area contributed by atoms with E-state index < -0.39 is 22.9 Å². The van der Waals surface area contributed by atoms with E-state index in [1.807, 2.05) is 0 Å². The molecule has 2 rings (SSSR count). The van der Waals surface area contributed by atoms with Crippen molar-refractivity contribution >= 4 is 35.0 Å². The highest BCUT2D eigenvalue weighted by Gasteiger charge is 2.33. The molecule has 0 bridgehead atoms. The summed E-state index contributed by atoms with van der Waals surface area (Å²) in [7, 11) is 0. The highest BCUT2D eigenvalue weighted by Crippen LogP contribution is 2.34. The Hall–Kier alpha value is -1.86. The summed E-state index contributed by atoms with van der Waals surface area (Å²) in [5.41, 5.74) is -1.11. The van der Waals surface area contributed by atoms with Crippen LogP contribution in [0.4, 0.5) is 18.9 Å². The number of nitrogens with one attached hydrogen (secondary N) is 1. The van der Waals surface area contributed by atoms with E-state index in [4.69, 9.17) is 16.3 Å². The number of benzene rings is 2. The maximum Gasteiger partial charge on any atom is 0.418 e. The van der Waals surface area contributed by atoms with Gasteiger partial charge in [-0.25, -0.2) is 0 Å². The monoisotopic (exact) mass is 403 g/mol. The molecular weight excluding hydrogens is 387 g/mol. The first-order chi connectivity index (χ1) is 12.3. The number of para-hydroxylation sites is 1. The molecule has 0 saturated heterocycles. The van der Waals surface area contributed by atoms with Crippen LogP contribution in [0.5, 0.6) is 5.75 Å². The fourth-order valence-corrected chi connectivity index (χ4v) is 2.93. The quantitative estimate of drug-likeness (QED) is 0.620. The molecule has 0 unspecified atom stereocenters. The van der Waals surface area contributed by atoms with Gasteiger partial charge in [-0.3, -0.25) is 4.79 Å². The van der Waals surface area contributed by atoms with Gasteiger partial charge in [-0.1, -0.05) is 23.7 Å².